The van der Waals surface area contributed by atoms with Crippen LogP contribution in [-0.2, 0) is 25.5 Å². The Morgan fingerprint density at radius 2 is 1.84 bits per heavy atom. The average molecular weight is 434 g/mol. The van der Waals surface area contributed by atoms with Gasteiger partial charge in [-0.3, -0.25) is 9.59 Å². The Labute approximate surface area is 184 Å². The zero-order chi connectivity index (χ0) is 22.6. The van der Waals surface area contributed by atoms with Gasteiger partial charge in [-0.1, -0.05) is 75.8 Å². The molecule has 2 rings (SSSR count). The standard InChI is InChI=1S/C24H35NO6/c1-3-4-5-6-7-11-14-21(26)20(16-22(27)30-2)23(28)25-19(17-31-24(25)29)15-18-12-9-8-10-13-18/h8-10,12-13,19-21,26H,3-7,11,14-17H2,1-2H3/t19-,20-,21+/m0/s1. The first-order chi connectivity index (χ1) is 15.0. The molecule has 7 nitrogen and oxygen atoms in total. The molecule has 0 aliphatic carbocycles. The third-order valence-electron chi connectivity index (χ3n) is 5.76. The van der Waals surface area contributed by atoms with Crippen molar-refractivity contribution in [2.45, 2.75) is 76.9 Å². The van der Waals surface area contributed by atoms with E-state index >= 15 is 0 Å². The van der Waals surface area contributed by atoms with Crippen LogP contribution in [0, 0.1) is 5.92 Å². The van der Waals surface area contributed by atoms with Crippen molar-refractivity contribution in [2.24, 2.45) is 5.92 Å². The van der Waals surface area contributed by atoms with Crippen molar-refractivity contribution in [1.29, 1.82) is 0 Å². The lowest BCUT2D eigenvalue weighted by Crippen LogP contribution is -2.47. The van der Waals surface area contributed by atoms with Crippen LogP contribution >= 0.6 is 0 Å². The number of amides is 2. The normalized spacial score (nSPS) is 17.8. The van der Waals surface area contributed by atoms with Crippen LogP contribution < -0.4 is 0 Å². The zero-order valence-corrected chi connectivity index (χ0v) is 18.6. The van der Waals surface area contributed by atoms with Crippen LogP contribution in [0.4, 0.5) is 4.79 Å². The van der Waals surface area contributed by atoms with Gasteiger partial charge in [0.2, 0.25) is 5.91 Å². The molecular weight excluding hydrogens is 398 g/mol. The van der Waals surface area contributed by atoms with Gasteiger partial charge < -0.3 is 14.6 Å². The van der Waals surface area contributed by atoms with Crippen LogP contribution in [0.2, 0.25) is 0 Å². The van der Waals surface area contributed by atoms with Gasteiger partial charge >= 0.3 is 12.1 Å². The van der Waals surface area contributed by atoms with Crippen LogP contribution in [-0.4, -0.2) is 53.8 Å². The van der Waals surface area contributed by atoms with Crippen molar-refractivity contribution in [3.8, 4) is 0 Å². The summed E-state index contributed by atoms with van der Waals surface area (Å²) in [5, 5.41) is 10.7. The molecule has 1 heterocycles. The number of aliphatic hydroxyl groups excluding tert-OH is 1. The quantitative estimate of drug-likeness (QED) is 0.375. The summed E-state index contributed by atoms with van der Waals surface area (Å²) in [6, 6.07) is 9.06. The first-order valence-electron chi connectivity index (χ1n) is 11.3. The molecular formula is C24H35NO6. The molecule has 3 atom stereocenters. The molecule has 1 aliphatic heterocycles. The third kappa shape index (κ3) is 7.65. The summed E-state index contributed by atoms with van der Waals surface area (Å²) >= 11 is 0. The number of esters is 1. The van der Waals surface area contributed by atoms with E-state index in [1.54, 1.807) is 0 Å². The second-order valence-corrected chi connectivity index (χ2v) is 8.14. The Morgan fingerprint density at radius 3 is 2.52 bits per heavy atom. The molecule has 0 bridgehead atoms. The molecule has 0 radical (unpaired) electrons. The van der Waals surface area contributed by atoms with Crippen LogP contribution in [0.5, 0.6) is 0 Å². The molecule has 7 heteroatoms. The van der Waals surface area contributed by atoms with Gasteiger partial charge in [-0.2, -0.15) is 0 Å². The van der Waals surface area contributed by atoms with Gasteiger partial charge in [0.15, 0.2) is 0 Å². The van der Waals surface area contributed by atoms with Gasteiger partial charge in [-0.15, -0.1) is 0 Å². The van der Waals surface area contributed by atoms with Crippen molar-refractivity contribution in [2.75, 3.05) is 13.7 Å². The Hall–Kier alpha value is -2.41. The van der Waals surface area contributed by atoms with Gasteiger partial charge in [0.05, 0.1) is 31.6 Å². The highest BCUT2D eigenvalue weighted by Gasteiger charge is 2.43. The summed E-state index contributed by atoms with van der Waals surface area (Å²) in [5.41, 5.74) is 0.973. The SMILES string of the molecule is CCCCCCCC[C@@H](O)[C@H](CC(=O)OC)C(=O)N1C(=O)OC[C@@H]1Cc1ccccc1. The second-order valence-electron chi connectivity index (χ2n) is 8.14. The molecule has 31 heavy (non-hydrogen) atoms. The van der Waals surface area contributed by atoms with E-state index in [2.05, 4.69) is 6.92 Å². The number of benzene rings is 1. The van der Waals surface area contributed by atoms with E-state index in [0.717, 1.165) is 42.6 Å². The molecule has 0 saturated carbocycles. The van der Waals surface area contributed by atoms with E-state index in [0.29, 0.717) is 12.8 Å². The zero-order valence-electron chi connectivity index (χ0n) is 18.6. The van der Waals surface area contributed by atoms with Crippen LogP contribution in [0.25, 0.3) is 0 Å². The summed E-state index contributed by atoms with van der Waals surface area (Å²) in [6.07, 6.45) is 5.12. The number of hydrogen-bond acceptors (Lipinski definition) is 6. The lowest BCUT2D eigenvalue weighted by Gasteiger charge is -2.27. The van der Waals surface area contributed by atoms with Gasteiger partial charge in [-0.05, 0) is 18.4 Å². The first kappa shape index (κ1) is 24.9. The Morgan fingerprint density at radius 1 is 1.16 bits per heavy atom. The molecule has 1 aromatic rings. The van der Waals surface area contributed by atoms with E-state index in [1.165, 1.54) is 13.5 Å². The van der Waals surface area contributed by atoms with Crippen LogP contribution in [0.15, 0.2) is 30.3 Å². The number of cyclic esters (lactones) is 1. The van der Waals surface area contributed by atoms with E-state index in [4.69, 9.17) is 9.47 Å². The number of ether oxygens (including phenoxy) is 2. The molecule has 1 fully saturated rings. The number of carbonyl (C=O) groups excluding carboxylic acids is 3. The number of methoxy groups -OCH3 is 1. The fraction of sp³-hybridized carbons (Fsp3) is 0.625. The molecule has 2 amide bonds. The first-order valence-corrected chi connectivity index (χ1v) is 11.3. The van der Waals surface area contributed by atoms with Gasteiger partial charge in [-0.25, -0.2) is 9.69 Å². The lowest BCUT2D eigenvalue weighted by atomic mass is 9.91. The largest absolute Gasteiger partial charge is 0.469 e. The summed E-state index contributed by atoms with van der Waals surface area (Å²) in [6.45, 7) is 2.25. The monoisotopic (exact) mass is 433 g/mol. The summed E-state index contributed by atoms with van der Waals surface area (Å²) < 4.78 is 9.86. The number of carbonyl (C=O) groups is 3. The summed E-state index contributed by atoms with van der Waals surface area (Å²) in [4.78, 5) is 38.6. The predicted molar refractivity (Wildman–Crippen MR) is 116 cm³/mol. The Kier molecular flexibility index (Phi) is 10.5. The molecule has 1 saturated heterocycles. The van der Waals surface area contributed by atoms with E-state index < -0.39 is 36.0 Å². The van der Waals surface area contributed by atoms with Gasteiger partial charge in [0, 0.05) is 0 Å². The van der Waals surface area contributed by atoms with Crippen molar-refractivity contribution < 1.29 is 29.0 Å². The molecule has 1 aliphatic rings. The lowest BCUT2D eigenvalue weighted by molar-refractivity contribution is -0.149. The highest BCUT2D eigenvalue weighted by Crippen LogP contribution is 2.25. The Bertz CT molecular complexity index is 707. The maximum atomic E-state index is 13.3. The minimum Gasteiger partial charge on any atom is -0.469 e. The average Bonchev–Trinajstić information content (AvgIpc) is 3.14. The number of nitrogens with zero attached hydrogens (tertiary/aromatic N) is 1. The minimum atomic E-state index is -1.04. The van der Waals surface area contributed by atoms with Crippen molar-refractivity contribution in [1.82, 2.24) is 4.90 Å². The molecule has 0 spiro atoms. The van der Waals surface area contributed by atoms with Crippen LogP contribution in [0.1, 0.15) is 63.9 Å². The maximum Gasteiger partial charge on any atom is 0.416 e. The van der Waals surface area contributed by atoms with E-state index in [9.17, 15) is 19.5 Å². The smallest absolute Gasteiger partial charge is 0.416 e. The Balaban J connectivity index is 2.05. The molecule has 1 aromatic carbocycles. The summed E-state index contributed by atoms with van der Waals surface area (Å²) in [7, 11) is 1.24. The molecule has 0 unspecified atom stereocenters. The molecule has 1 N–H and O–H groups in total. The van der Waals surface area contributed by atoms with E-state index in [-0.39, 0.29) is 13.0 Å². The number of imide groups is 1. The number of aliphatic hydroxyl groups is 1. The third-order valence-corrected chi connectivity index (χ3v) is 5.76. The highest BCUT2D eigenvalue weighted by atomic mass is 16.6. The summed E-state index contributed by atoms with van der Waals surface area (Å²) in [5.74, 6) is -2.20. The topological polar surface area (TPSA) is 93.1 Å². The fourth-order valence-corrected chi connectivity index (χ4v) is 3.93. The van der Waals surface area contributed by atoms with Gasteiger partial charge in [0.1, 0.15) is 6.61 Å². The van der Waals surface area contributed by atoms with Crippen molar-refractivity contribution >= 4 is 18.0 Å². The number of hydrogen-bond donors (Lipinski definition) is 1. The fourth-order valence-electron chi connectivity index (χ4n) is 3.93. The number of rotatable bonds is 13. The number of unbranched alkanes of at least 4 members (excludes halogenated alkanes) is 5. The maximum absolute atomic E-state index is 13.3. The van der Waals surface area contributed by atoms with Crippen molar-refractivity contribution in [3.05, 3.63) is 35.9 Å². The van der Waals surface area contributed by atoms with Crippen LogP contribution in [0.3, 0.4) is 0 Å². The van der Waals surface area contributed by atoms with Gasteiger partial charge in [0.25, 0.3) is 0 Å². The molecule has 0 aromatic heterocycles. The highest BCUT2D eigenvalue weighted by molar-refractivity contribution is 5.96. The predicted octanol–water partition coefficient (Wildman–Crippen LogP) is 3.87. The molecule has 172 valence electrons. The minimum absolute atomic E-state index is 0.0952. The van der Waals surface area contributed by atoms with Crippen molar-refractivity contribution in [3.63, 3.8) is 0 Å². The van der Waals surface area contributed by atoms with E-state index in [1.807, 2.05) is 30.3 Å². The second kappa shape index (κ2) is 13.1.